The fraction of sp³-hybridized carbons (Fsp3) is 0.0625. The maximum Gasteiger partial charge on any atom is 0.343 e. The van der Waals surface area contributed by atoms with Crippen LogP contribution in [0.5, 0.6) is 0 Å². The lowest BCUT2D eigenvalue weighted by Crippen LogP contribution is -2.43. The van der Waals surface area contributed by atoms with Crippen molar-refractivity contribution in [3.63, 3.8) is 0 Å². The van der Waals surface area contributed by atoms with Gasteiger partial charge in [0, 0.05) is 17.7 Å². The average molecular weight is 396 g/mol. The van der Waals surface area contributed by atoms with Crippen molar-refractivity contribution in [2.24, 2.45) is 0 Å². The second-order valence-corrected chi connectivity index (χ2v) is 5.39. The van der Waals surface area contributed by atoms with Crippen LogP contribution in [-0.2, 0) is 9.53 Å². The maximum atomic E-state index is 13.6. The summed E-state index contributed by atoms with van der Waals surface area (Å²) in [6.45, 7) is -0.802. The minimum atomic E-state index is -1.14. The zero-order valence-corrected chi connectivity index (χ0v) is 14.2. The molecule has 2 N–H and O–H groups in total. The van der Waals surface area contributed by atoms with E-state index in [1.165, 1.54) is 24.3 Å². The highest BCUT2D eigenvalue weighted by Crippen LogP contribution is 2.19. The number of nitrogens with zero attached hydrogens (tertiary/aromatic N) is 1. The molecule has 2 aromatic carbocycles. The van der Waals surface area contributed by atoms with Gasteiger partial charge in [-0.05, 0) is 24.3 Å². The van der Waals surface area contributed by atoms with Gasteiger partial charge < -0.3 is 4.74 Å². The number of carbonyl (C=O) groups is 3. The topological polar surface area (TPSA) is 128 Å². The third kappa shape index (κ3) is 5.22. The van der Waals surface area contributed by atoms with E-state index in [-0.39, 0.29) is 16.3 Å². The summed E-state index contributed by atoms with van der Waals surface area (Å²) in [6, 6.07) is 8.22. The normalized spacial score (nSPS) is 10.0. The SMILES string of the molecule is O=C(COC(=O)c1c(F)cccc1Cl)NNC(=O)c1ccc([N+](=O)[O-])cc1. The Morgan fingerprint density at radius 1 is 1.11 bits per heavy atom. The molecule has 0 aliphatic heterocycles. The monoisotopic (exact) mass is 395 g/mol. The molecular formula is C16H11ClFN3O6. The van der Waals surface area contributed by atoms with Crippen molar-refractivity contribution in [2.75, 3.05) is 6.61 Å². The number of amides is 2. The van der Waals surface area contributed by atoms with Crippen LogP contribution in [0.15, 0.2) is 42.5 Å². The number of hydrazine groups is 1. The van der Waals surface area contributed by atoms with Crippen LogP contribution in [0.1, 0.15) is 20.7 Å². The average Bonchev–Trinajstić information content (AvgIpc) is 2.64. The number of nitro groups is 1. The molecule has 0 atom stereocenters. The second kappa shape index (κ2) is 8.72. The first kappa shape index (κ1) is 19.8. The van der Waals surface area contributed by atoms with E-state index in [0.717, 1.165) is 18.2 Å². The van der Waals surface area contributed by atoms with E-state index in [0.29, 0.717) is 0 Å². The van der Waals surface area contributed by atoms with Crippen LogP contribution < -0.4 is 10.9 Å². The first-order valence-corrected chi connectivity index (χ1v) is 7.62. The Bertz CT molecular complexity index is 883. The fourth-order valence-corrected chi connectivity index (χ4v) is 2.11. The minimum absolute atomic E-state index is 0.0519. The van der Waals surface area contributed by atoms with E-state index >= 15 is 0 Å². The number of hydrogen-bond acceptors (Lipinski definition) is 6. The van der Waals surface area contributed by atoms with Gasteiger partial charge in [-0.2, -0.15) is 0 Å². The summed E-state index contributed by atoms with van der Waals surface area (Å²) >= 11 is 5.70. The number of hydrogen-bond donors (Lipinski definition) is 2. The van der Waals surface area contributed by atoms with Crippen molar-refractivity contribution in [3.8, 4) is 0 Å². The van der Waals surface area contributed by atoms with E-state index < -0.39 is 40.7 Å². The predicted molar refractivity (Wildman–Crippen MR) is 90.4 cm³/mol. The molecule has 2 aromatic rings. The molecule has 140 valence electrons. The van der Waals surface area contributed by atoms with Gasteiger partial charge >= 0.3 is 5.97 Å². The van der Waals surface area contributed by atoms with Gasteiger partial charge in [0.25, 0.3) is 17.5 Å². The Balaban J connectivity index is 1.84. The molecule has 27 heavy (non-hydrogen) atoms. The van der Waals surface area contributed by atoms with Crippen molar-refractivity contribution < 1.29 is 28.4 Å². The van der Waals surface area contributed by atoms with Crippen LogP contribution in [0.2, 0.25) is 5.02 Å². The highest BCUT2D eigenvalue weighted by Gasteiger charge is 2.18. The third-order valence-corrected chi connectivity index (χ3v) is 3.47. The zero-order valence-electron chi connectivity index (χ0n) is 13.4. The summed E-state index contributed by atoms with van der Waals surface area (Å²) in [5.41, 5.74) is 3.35. The number of halogens is 2. The Kier molecular flexibility index (Phi) is 6.39. The highest BCUT2D eigenvalue weighted by atomic mass is 35.5. The largest absolute Gasteiger partial charge is 0.452 e. The summed E-state index contributed by atoms with van der Waals surface area (Å²) in [4.78, 5) is 45.1. The molecule has 0 saturated heterocycles. The van der Waals surface area contributed by atoms with Crippen molar-refractivity contribution in [1.29, 1.82) is 0 Å². The molecule has 0 spiro atoms. The van der Waals surface area contributed by atoms with Gasteiger partial charge in [0.1, 0.15) is 11.4 Å². The molecule has 0 radical (unpaired) electrons. The number of esters is 1. The molecule has 9 nitrogen and oxygen atoms in total. The van der Waals surface area contributed by atoms with Gasteiger partial charge in [-0.3, -0.25) is 30.6 Å². The lowest BCUT2D eigenvalue weighted by Gasteiger charge is -2.09. The molecule has 0 aliphatic rings. The van der Waals surface area contributed by atoms with Gasteiger partial charge in [0.2, 0.25) is 0 Å². The van der Waals surface area contributed by atoms with Crippen molar-refractivity contribution in [1.82, 2.24) is 10.9 Å². The van der Waals surface area contributed by atoms with Gasteiger partial charge in [-0.25, -0.2) is 9.18 Å². The lowest BCUT2D eigenvalue weighted by atomic mass is 10.2. The van der Waals surface area contributed by atoms with Gasteiger partial charge in [-0.15, -0.1) is 0 Å². The van der Waals surface area contributed by atoms with Gasteiger partial charge in [-0.1, -0.05) is 17.7 Å². The quantitative estimate of drug-likeness (QED) is 0.453. The van der Waals surface area contributed by atoms with Gasteiger partial charge in [0.05, 0.1) is 9.95 Å². The smallest absolute Gasteiger partial charge is 0.343 e. The van der Waals surface area contributed by atoms with Crippen LogP contribution in [0.4, 0.5) is 10.1 Å². The summed E-state index contributed by atoms with van der Waals surface area (Å²) in [7, 11) is 0. The third-order valence-electron chi connectivity index (χ3n) is 3.16. The lowest BCUT2D eigenvalue weighted by molar-refractivity contribution is -0.384. The molecule has 0 aromatic heterocycles. The van der Waals surface area contributed by atoms with E-state index in [4.69, 9.17) is 11.6 Å². The first-order chi connectivity index (χ1) is 12.8. The first-order valence-electron chi connectivity index (χ1n) is 7.24. The summed E-state index contributed by atoms with van der Waals surface area (Å²) in [6.07, 6.45) is 0. The van der Waals surface area contributed by atoms with E-state index in [1.54, 1.807) is 0 Å². The molecule has 11 heteroatoms. The molecule has 0 fully saturated rings. The van der Waals surface area contributed by atoms with E-state index in [1.807, 2.05) is 10.9 Å². The van der Waals surface area contributed by atoms with Crippen molar-refractivity contribution in [3.05, 3.63) is 74.5 Å². The van der Waals surface area contributed by atoms with E-state index in [2.05, 4.69) is 4.74 Å². The number of benzene rings is 2. The molecule has 0 aliphatic carbocycles. The van der Waals surface area contributed by atoms with Gasteiger partial charge in [0.15, 0.2) is 6.61 Å². The molecule has 0 saturated carbocycles. The summed E-state index contributed by atoms with van der Waals surface area (Å²) in [5, 5.41) is 10.4. The minimum Gasteiger partial charge on any atom is -0.452 e. The van der Waals surface area contributed by atoms with Crippen LogP contribution in [0.3, 0.4) is 0 Å². The Labute approximate surface area is 156 Å². The highest BCUT2D eigenvalue weighted by molar-refractivity contribution is 6.33. The molecule has 0 unspecified atom stereocenters. The molecule has 2 rings (SSSR count). The number of nitrogens with one attached hydrogen (secondary N) is 2. The second-order valence-electron chi connectivity index (χ2n) is 4.98. The van der Waals surface area contributed by atoms with Crippen LogP contribution in [0.25, 0.3) is 0 Å². The van der Waals surface area contributed by atoms with Crippen molar-refractivity contribution >= 4 is 35.1 Å². The Morgan fingerprint density at radius 3 is 2.37 bits per heavy atom. The molecule has 2 amide bonds. The number of nitro benzene ring substituents is 1. The standard InChI is InChI=1S/C16H11ClFN3O6/c17-11-2-1-3-12(18)14(11)16(24)27-8-13(22)19-20-15(23)9-4-6-10(7-5-9)21(25)26/h1-7H,8H2,(H,19,22)(H,20,23). The molecule has 0 heterocycles. The summed E-state index contributed by atoms with van der Waals surface area (Å²) < 4.78 is 18.2. The number of rotatable bonds is 5. The van der Waals surface area contributed by atoms with Crippen molar-refractivity contribution in [2.45, 2.75) is 0 Å². The van der Waals surface area contributed by atoms with Crippen LogP contribution in [0, 0.1) is 15.9 Å². The zero-order chi connectivity index (χ0) is 20.0. The fourth-order valence-electron chi connectivity index (χ4n) is 1.87. The maximum absolute atomic E-state index is 13.6. The Morgan fingerprint density at radius 2 is 1.78 bits per heavy atom. The van der Waals surface area contributed by atoms with E-state index in [9.17, 15) is 28.9 Å². The predicted octanol–water partition coefficient (Wildman–Crippen LogP) is 2.01. The molecule has 0 bridgehead atoms. The number of ether oxygens (including phenoxy) is 1. The van der Waals surface area contributed by atoms with Crippen LogP contribution in [-0.4, -0.2) is 29.3 Å². The van der Waals surface area contributed by atoms with Crippen LogP contribution >= 0.6 is 11.6 Å². The molecular weight excluding hydrogens is 385 g/mol. The Hall–Kier alpha value is -3.53. The summed E-state index contributed by atoms with van der Waals surface area (Å²) in [5.74, 6) is -3.69. The number of non-ortho nitro benzene ring substituents is 1. The number of carbonyl (C=O) groups excluding carboxylic acids is 3.